The molecule has 8 heteroatoms. The lowest BCUT2D eigenvalue weighted by molar-refractivity contribution is -0.144. The summed E-state index contributed by atoms with van der Waals surface area (Å²) in [5.41, 5.74) is 0. The molecule has 0 aliphatic rings. The molecule has 0 bridgehead atoms. The van der Waals surface area contributed by atoms with E-state index in [1.165, 1.54) is 167 Å². The lowest BCUT2D eigenvalue weighted by atomic mass is 10.0. The molecule has 0 amide bonds. The number of carbonyl (C=O) groups is 2. The molecule has 0 aliphatic heterocycles. The molecule has 320 valence electrons. The van der Waals surface area contributed by atoms with E-state index in [-0.39, 0.29) is 36.8 Å². The van der Waals surface area contributed by atoms with Crippen molar-refractivity contribution < 1.29 is 19.1 Å². The van der Waals surface area contributed by atoms with Crippen LogP contribution in [0.3, 0.4) is 0 Å². The zero-order chi connectivity index (χ0) is 37.3. The first-order chi connectivity index (χ1) is 25.0. The van der Waals surface area contributed by atoms with Crippen LogP contribution in [-0.2, 0) is 19.1 Å². The number of hydrogen-bond acceptors (Lipinski definition) is 6. The highest BCUT2D eigenvalue weighted by Crippen LogP contribution is 2.15. The van der Waals surface area contributed by atoms with E-state index < -0.39 is 0 Å². The number of esters is 2. The Morgan fingerprint density at radius 1 is 0.358 bits per heavy atom. The number of nitrogens with zero attached hydrogens (tertiary/aromatic N) is 2. The van der Waals surface area contributed by atoms with Crippen LogP contribution < -0.4 is 0 Å². The average molecular weight is 796 g/mol. The molecule has 0 N–H and O–H groups in total. The molecule has 0 saturated heterocycles. The van der Waals surface area contributed by atoms with Crippen molar-refractivity contribution >= 4 is 36.8 Å². The van der Waals surface area contributed by atoms with Gasteiger partial charge in [-0.25, -0.2) is 0 Å². The minimum atomic E-state index is -0.0761. The zero-order valence-corrected chi connectivity index (χ0v) is 37.6. The Bertz CT molecular complexity index is 677. The Hall–Kier alpha value is -0.560. The van der Waals surface area contributed by atoms with Crippen LogP contribution in [0.5, 0.6) is 0 Å². The standard InChI is InChI=1S/C45H90N2O4.2ClH/c1-5-7-9-11-13-15-17-19-21-23-25-27-29-31-33-36-44(48)50-42-40-47(39-35-38-46(3)4)41-43-51-45(49)37-34-32-30-28-26-24-22-20-18-16-14-12-10-8-6-2;;/h5-43H2,1-4H3;2*1H. The third kappa shape index (κ3) is 47.5. The maximum absolute atomic E-state index is 12.3. The smallest absolute Gasteiger partial charge is 0.305 e. The Morgan fingerprint density at radius 3 is 0.887 bits per heavy atom. The second-order valence-corrected chi connectivity index (χ2v) is 15.8. The molecular weight excluding hydrogens is 703 g/mol. The van der Waals surface area contributed by atoms with Crippen molar-refractivity contribution in [3.8, 4) is 0 Å². The fourth-order valence-corrected chi connectivity index (χ4v) is 6.95. The largest absolute Gasteiger partial charge is 0.464 e. The average Bonchev–Trinajstić information content (AvgIpc) is 3.11. The molecule has 0 radical (unpaired) electrons. The maximum Gasteiger partial charge on any atom is 0.305 e. The van der Waals surface area contributed by atoms with Crippen LogP contribution >= 0.6 is 24.8 Å². The number of carbonyl (C=O) groups excluding carboxylic acids is 2. The Labute approximate surface area is 343 Å². The highest BCUT2D eigenvalue weighted by molar-refractivity contribution is 5.85. The van der Waals surface area contributed by atoms with Crippen LogP contribution in [0.15, 0.2) is 0 Å². The lowest BCUT2D eigenvalue weighted by Crippen LogP contribution is -2.34. The number of unbranched alkanes of at least 4 members (excludes halogenated alkanes) is 28. The maximum atomic E-state index is 12.3. The van der Waals surface area contributed by atoms with Crippen molar-refractivity contribution in [2.45, 2.75) is 226 Å². The highest BCUT2D eigenvalue weighted by Gasteiger charge is 2.10. The molecule has 0 aliphatic carbocycles. The van der Waals surface area contributed by atoms with Gasteiger partial charge in [0.15, 0.2) is 0 Å². The number of halogens is 2. The van der Waals surface area contributed by atoms with Gasteiger partial charge in [0.2, 0.25) is 0 Å². The predicted octanol–water partition coefficient (Wildman–Crippen LogP) is 13.7. The second kappa shape index (κ2) is 47.6. The monoisotopic (exact) mass is 795 g/mol. The van der Waals surface area contributed by atoms with Gasteiger partial charge in [0, 0.05) is 25.9 Å². The van der Waals surface area contributed by atoms with Gasteiger partial charge in [-0.15, -0.1) is 24.8 Å². The fraction of sp³-hybridized carbons (Fsp3) is 0.956. The van der Waals surface area contributed by atoms with E-state index in [4.69, 9.17) is 9.47 Å². The summed E-state index contributed by atoms with van der Waals surface area (Å²) in [4.78, 5) is 29.1. The summed E-state index contributed by atoms with van der Waals surface area (Å²) in [6, 6.07) is 0. The van der Waals surface area contributed by atoms with E-state index in [1.807, 2.05) is 0 Å². The van der Waals surface area contributed by atoms with E-state index >= 15 is 0 Å². The van der Waals surface area contributed by atoms with Crippen LogP contribution in [-0.4, -0.2) is 75.2 Å². The Kier molecular flexibility index (Phi) is 51.0. The summed E-state index contributed by atoms with van der Waals surface area (Å²) >= 11 is 0. The van der Waals surface area contributed by atoms with Crippen LogP contribution in [0.4, 0.5) is 0 Å². The van der Waals surface area contributed by atoms with Crippen molar-refractivity contribution in [3.63, 3.8) is 0 Å². The minimum Gasteiger partial charge on any atom is -0.464 e. The summed E-state index contributed by atoms with van der Waals surface area (Å²) in [7, 11) is 4.17. The highest BCUT2D eigenvalue weighted by atomic mass is 35.5. The van der Waals surface area contributed by atoms with Gasteiger partial charge in [0.05, 0.1) is 0 Å². The van der Waals surface area contributed by atoms with E-state index in [0.717, 1.165) is 45.2 Å². The minimum absolute atomic E-state index is 0. The molecular formula is C45H92Cl2N2O4. The molecule has 0 atom stereocenters. The van der Waals surface area contributed by atoms with Crippen molar-refractivity contribution in [1.29, 1.82) is 0 Å². The summed E-state index contributed by atoms with van der Waals surface area (Å²) in [6.45, 7) is 8.68. The predicted molar refractivity (Wildman–Crippen MR) is 235 cm³/mol. The first kappa shape index (κ1) is 56.8. The van der Waals surface area contributed by atoms with E-state index in [0.29, 0.717) is 39.1 Å². The molecule has 0 heterocycles. The molecule has 0 unspecified atom stereocenters. The molecule has 53 heavy (non-hydrogen) atoms. The third-order valence-corrected chi connectivity index (χ3v) is 10.4. The van der Waals surface area contributed by atoms with Gasteiger partial charge < -0.3 is 14.4 Å². The summed E-state index contributed by atoms with van der Waals surface area (Å²) in [6.07, 6.45) is 41.8. The molecule has 0 fully saturated rings. The molecule has 0 rings (SSSR count). The molecule has 0 saturated carbocycles. The number of ether oxygens (including phenoxy) is 2. The van der Waals surface area contributed by atoms with E-state index in [1.54, 1.807) is 0 Å². The zero-order valence-electron chi connectivity index (χ0n) is 35.9. The van der Waals surface area contributed by atoms with Gasteiger partial charge in [-0.2, -0.15) is 0 Å². The summed E-state index contributed by atoms with van der Waals surface area (Å²) in [5, 5.41) is 0. The molecule has 6 nitrogen and oxygen atoms in total. The SMILES string of the molecule is CCCCCCCCCCCCCCCCCC(=O)OCCN(CCCN(C)C)CCOC(=O)CCCCCCCCCCCCCCCCC.Cl.Cl. The Morgan fingerprint density at radius 2 is 0.623 bits per heavy atom. The van der Waals surface area contributed by atoms with Crippen molar-refractivity contribution in [3.05, 3.63) is 0 Å². The molecule has 0 aromatic rings. The van der Waals surface area contributed by atoms with Crippen LogP contribution in [0.1, 0.15) is 226 Å². The normalized spacial score (nSPS) is 11.1. The van der Waals surface area contributed by atoms with E-state index in [2.05, 4.69) is 37.7 Å². The van der Waals surface area contributed by atoms with Gasteiger partial charge in [-0.05, 0) is 46.4 Å². The summed E-state index contributed by atoms with van der Waals surface area (Å²) < 4.78 is 11.2. The molecule has 0 aromatic heterocycles. The van der Waals surface area contributed by atoms with Crippen molar-refractivity contribution in [2.75, 3.05) is 53.5 Å². The molecule has 0 aromatic carbocycles. The van der Waals surface area contributed by atoms with Crippen molar-refractivity contribution in [2.24, 2.45) is 0 Å². The van der Waals surface area contributed by atoms with Gasteiger partial charge >= 0.3 is 11.9 Å². The topological polar surface area (TPSA) is 59.1 Å². The van der Waals surface area contributed by atoms with Gasteiger partial charge in [0.1, 0.15) is 13.2 Å². The van der Waals surface area contributed by atoms with Gasteiger partial charge in [-0.1, -0.05) is 194 Å². The summed E-state index contributed by atoms with van der Waals surface area (Å²) in [5.74, 6) is -0.152. The van der Waals surface area contributed by atoms with Gasteiger partial charge in [0.25, 0.3) is 0 Å². The van der Waals surface area contributed by atoms with Crippen molar-refractivity contribution in [1.82, 2.24) is 9.80 Å². The van der Waals surface area contributed by atoms with E-state index in [9.17, 15) is 9.59 Å². The first-order valence-corrected chi connectivity index (χ1v) is 22.7. The lowest BCUT2D eigenvalue weighted by Gasteiger charge is -2.23. The first-order valence-electron chi connectivity index (χ1n) is 22.7. The third-order valence-electron chi connectivity index (χ3n) is 10.4. The second-order valence-electron chi connectivity index (χ2n) is 15.8. The quantitative estimate of drug-likeness (QED) is 0.0453. The fourth-order valence-electron chi connectivity index (χ4n) is 6.95. The van der Waals surface area contributed by atoms with Crippen LogP contribution in [0, 0.1) is 0 Å². The molecule has 0 spiro atoms. The number of rotatable bonds is 42. The number of hydrogen-bond donors (Lipinski definition) is 0. The van der Waals surface area contributed by atoms with Crippen LogP contribution in [0.25, 0.3) is 0 Å². The Balaban J connectivity index is -0.0000125. The van der Waals surface area contributed by atoms with Crippen LogP contribution in [0.2, 0.25) is 0 Å². The van der Waals surface area contributed by atoms with Gasteiger partial charge in [-0.3, -0.25) is 14.5 Å².